The summed E-state index contributed by atoms with van der Waals surface area (Å²) in [5.41, 5.74) is -0.173. The van der Waals surface area contributed by atoms with Gasteiger partial charge < -0.3 is 14.9 Å². The lowest BCUT2D eigenvalue weighted by atomic mass is 9.69. The second-order valence-electron chi connectivity index (χ2n) is 9.14. The third-order valence-corrected chi connectivity index (χ3v) is 6.52. The fraction of sp³-hybridized carbons (Fsp3) is 0.440. The number of hydrogen-bond acceptors (Lipinski definition) is 5. The van der Waals surface area contributed by atoms with Crippen LogP contribution in [0.25, 0.3) is 0 Å². The molecule has 1 aromatic carbocycles. The molecule has 0 aromatic heterocycles. The minimum atomic E-state index is -1.56. The van der Waals surface area contributed by atoms with Crippen LogP contribution in [-0.4, -0.2) is 38.4 Å². The minimum Gasteiger partial charge on any atom is -0.508 e. The number of rotatable bonds is 5. The van der Waals surface area contributed by atoms with Gasteiger partial charge in [0.25, 0.3) is 0 Å². The normalized spacial score (nSPS) is 24.9. The molecular weight excluding hydrogens is 416 g/mol. The Kier molecular flexibility index (Phi) is 6.23. The lowest BCUT2D eigenvalue weighted by molar-refractivity contribution is -0.103. The highest BCUT2D eigenvalue weighted by atomic mass is 35.5. The van der Waals surface area contributed by atoms with E-state index in [1.165, 1.54) is 11.6 Å². The van der Waals surface area contributed by atoms with Crippen molar-refractivity contribution in [1.82, 2.24) is 0 Å². The SMILES string of the molecule is CC(C)=CCC/C(C)=C/CC12OC(C)(C)[C@H](Cl)C=C1C(=O)c1c(O)cc(O)cc1C2=O. The van der Waals surface area contributed by atoms with Crippen LogP contribution in [0.2, 0.25) is 0 Å². The van der Waals surface area contributed by atoms with Crippen LogP contribution in [0, 0.1) is 0 Å². The predicted octanol–water partition coefficient (Wildman–Crippen LogP) is 5.64. The third-order valence-electron chi connectivity index (χ3n) is 5.86. The number of phenolic OH excluding ortho intramolecular Hbond substituents is 2. The molecule has 1 aromatic rings. The smallest absolute Gasteiger partial charge is 0.200 e. The number of phenols is 2. The largest absolute Gasteiger partial charge is 0.508 e. The van der Waals surface area contributed by atoms with E-state index in [0.29, 0.717) is 0 Å². The van der Waals surface area contributed by atoms with Crippen LogP contribution in [0.4, 0.5) is 0 Å². The predicted molar refractivity (Wildman–Crippen MR) is 121 cm³/mol. The van der Waals surface area contributed by atoms with Gasteiger partial charge in [0.2, 0.25) is 5.78 Å². The molecular formula is C25H29ClO5. The zero-order valence-corrected chi connectivity index (χ0v) is 19.3. The van der Waals surface area contributed by atoms with Gasteiger partial charge in [-0.2, -0.15) is 0 Å². The molecule has 1 aliphatic heterocycles. The fourth-order valence-corrected chi connectivity index (χ4v) is 4.27. The number of ketones is 2. The summed E-state index contributed by atoms with van der Waals surface area (Å²) in [6, 6.07) is 2.26. The van der Waals surface area contributed by atoms with Gasteiger partial charge in [0, 0.05) is 23.6 Å². The Morgan fingerprint density at radius 2 is 1.84 bits per heavy atom. The van der Waals surface area contributed by atoms with Gasteiger partial charge in [-0.1, -0.05) is 29.4 Å². The number of alkyl halides is 1. The van der Waals surface area contributed by atoms with Crippen LogP contribution in [0.3, 0.4) is 0 Å². The second-order valence-corrected chi connectivity index (χ2v) is 9.61. The van der Waals surface area contributed by atoms with Gasteiger partial charge in [-0.3, -0.25) is 9.59 Å². The number of aromatic hydroxyl groups is 2. The third kappa shape index (κ3) is 4.21. The monoisotopic (exact) mass is 444 g/mol. The first kappa shape index (κ1) is 23.3. The van der Waals surface area contributed by atoms with Crippen LogP contribution in [0.5, 0.6) is 11.5 Å². The van der Waals surface area contributed by atoms with Crippen LogP contribution in [0.15, 0.2) is 47.1 Å². The van der Waals surface area contributed by atoms with Crippen LogP contribution >= 0.6 is 11.6 Å². The Balaban J connectivity index is 2.11. The highest BCUT2D eigenvalue weighted by Gasteiger charge is 2.57. The number of hydrogen-bond donors (Lipinski definition) is 2. The quantitative estimate of drug-likeness (QED) is 0.453. The van der Waals surface area contributed by atoms with E-state index in [0.717, 1.165) is 24.5 Å². The molecule has 1 heterocycles. The molecule has 0 spiro atoms. The molecule has 6 heteroatoms. The Hall–Kier alpha value is -2.37. The molecule has 5 nitrogen and oxygen atoms in total. The number of carbonyl (C=O) groups is 2. The van der Waals surface area contributed by atoms with E-state index in [-0.39, 0.29) is 28.9 Å². The Morgan fingerprint density at radius 3 is 2.48 bits per heavy atom. The molecule has 31 heavy (non-hydrogen) atoms. The lowest BCUT2D eigenvalue weighted by Gasteiger charge is -2.47. The Morgan fingerprint density at radius 1 is 1.16 bits per heavy atom. The summed E-state index contributed by atoms with van der Waals surface area (Å²) in [5.74, 6) is -1.71. The fourth-order valence-electron chi connectivity index (χ4n) is 4.10. The molecule has 0 amide bonds. The molecule has 0 fully saturated rings. The number of Topliss-reactive ketones (excluding diaryl/α,β-unsaturated/α-hetero) is 2. The number of ether oxygens (including phenoxy) is 1. The lowest BCUT2D eigenvalue weighted by Crippen LogP contribution is -2.58. The van der Waals surface area contributed by atoms with Gasteiger partial charge >= 0.3 is 0 Å². The van der Waals surface area contributed by atoms with Gasteiger partial charge in [-0.15, -0.1) is 11.6 Å². The van der Waals surface area contributed by atoms with Gasteiger partial charge in [0.05, 0.1) is 16.5 Å². The molecule has 0 bridgehead atoms. The maximum absolute atomic E-state index is 13.7. The molecule has 0 saturated heterocycles. The Bertz CT molecular complexity index is 1030. The van der Waals surface area contributed by atoms with E-state index in [9.17, 15) is 19.8 Å². The van der Waals surface area contributed by atoms with Gasteiger partial charge in [-0.25, -0.2) is 0 Å². The van der Waals surface area contributed by atoms with Crippen LogP contribution in [-0.2, 0) is 4.74 Å². The maximum Gasteiger partial charge on any atom is 0.200 e. The van der Waals surface area contributed by atoms with E-state index < -0.39 is 33.9 Å². The zero-order valence-electron chi connectivity index (χ0n) is 18.6. The number of carbonyl (C=O) groups excluding carboxylic acids is 2. The van der Waals surface area contributed by atoms with Crippen molar-refractivity contribution in [3.8, 4) is 11.5 Å². The first-order valence-electron chi connectivity index (χ1n) is 10.4. The first-order valence-corrected chi connectivity index (χ1v) is 10.8. The van der Waals surface area contributed by atoms with Crippen molar-refractivity contribution in [2.24, 2.45) is 0 Å². The van der Waals surface area contributed by atoms with Crippen LogP contribution < -0.4 is 0 Å². The summed E-state index contributed by atoms with van der Waals surface area (Å²) in [5, 5.41) is 19.6. The topological polar surface area (TPSA) is 83.8 Å². The van der Waals surface area contributed by atoms with E-state index in [4.69, 9.17) is 16.3 Å². The maximum atomic E-state index is 13.7. The summed E-state index contributed by atoms with van der Waals surface area (Å²) < 4.78 is 6.30. The highest BCUT2D eigenvalue weighted by Crippen LogP contribution is 2.48. The highest BCUT2D eigenvalue weighted by molar-refractivity contribution is 6.30. The molecule has 0 saturated carbocycles. The molecule has 3 rings (SSSR count). The molecule has 166 valence electrons. The molecule has 2 atom stereocenters. The number of halogens is 1. The summed E-state index contributed by atoms with van der Waals surface area (Å²) in [4.78, 5) is 27.1. The molecule has 2 aliphatic rings. The number of benzene rings is 1. The van der Waals surface area contributed by atoms with Crippen molar-refractivity contribution < 1.29 is 24.5 Å². The summed E-state index contributed by atoms with van der Waals surface area (Å²) in [6.07, 6.45) is 7.52. The second kappa shape index (κ2) is 8.29. The zero-order chi connectivity index (χ0) is 23.1. The molecule has 2 N–H and O–H groups in total. The minimum absolute atomic E-state index is 0.0425. The van der Waals surface area contributed by atoms with E-state index in [2.05, 4.69) is 6.08 Å². The first-order chi connectivity index (χ1) is 14.4. The van der Waals surface area contributed by atoms with Crippen molar-refractivity contribution in [2.45, 2.75) is 70.5 Å². The summed E-state index contributed by atoms with van der Waals surface area (Å²) in [7, 11) is 0. The average Bonchev–Trinajstić information content (AvgIpc) is 2.65. The number of fused-ring (bicyclic) bond motifs is 2. The standard InChI is InChI=1S/C25H29ClO5/c1-14(2)7-6-8-15(3)9-10-25-18(13-20(26)24(4,5)31-25)22(29)21-17(23(25)30)11-16(27)12-19(21)28/h7,9,11-13,20,27-28H,6,8,10H2,1-5H3/b15-9+/t20-,25?/m1/s1. The van der Waals surface area contributed by atoms with Gasteiger partial charge in [0.1, 0.15) is 11.5 Å². The van der Waals surface area contributed by atoms with Crippen molar-refractivity contribution in [1.29, 1.82) is 0 Å². The van der Waals surface area contributed by atoms with E-state index in [1.54, 1.807) is 19.9 Å². The molecule has 1 unspecified atom stereocenters. The Labute approximate surface area is 188 Å². The van der Waals surface area contributed by atoms with Gasteiger partial charge in [-0.05, 0) is 53.5 Å². The average molecular weight is 445 g/mol. The summed E-state index contributed by atoms with van der Waals surface area (Å²) in [6.45, 7) is 9.63. The van der Waals surface area contributed by atoms with Gasteiger partial charge in [0.15, 0.2) is 11.4 Å². The van der Waals surface area contributed by atoms with Crippen LogP contribution in [0.1, 0.15) is 74.6 Å². The van der Waals surface area contributed by atoms with E-state index in [1.807, 2.05) is 26.8 Å². The van der Waals surface area contributed by atoms with Crippen molar-refractivity contribution in [3.05, 3.63) is 58.2 Å². The van der Waals surface area contributed by atoms with Crippen molar-refractivity contribution in [3.63, 3.8) is 0 Å². The van der Waals surface area contributed by atoms with Crippen molar-refractivity contribution >= 4 is 23.2 Å². The molecule has 1 aliphatic carbocycles. The van der Waals surface area contributed by atoms with E-state index >= 15 is 0 Å². The molecule has 0 radical (unpaired) electrons. The van der Waals surface area contributed by atoms with Crippen molar-refractivity contribution in [2.75, 3.05) is 0 Å². The number of allylic oxidation sites excluding steroid dienone is 3. The summed E-state index contributed by atoms with van der Waals surface area (Å²) >= 11 is 6.47.